The number of benzene rings is 1. The number of hydrogen-bond acceptors (Lipinski definition) is 4. The van der Waals surface area contributed by atoms with E-state index in [0.29, 0.717) is 12.8 Å². The van der Waals surface area contributed by atoms with Gasteiger partial charge in [-0.15, -0.1) is 0 Å². The molecule has 1 fully saturated rings. The van der Waals surface area contributed by atoms with Crippen molar-refractivity contribution in [1.29, 1.82) is 0 Å². The molecule has 2 heterocycles. The van der Waals surface area contributed by atoms with Gasteiger partial charge in [0.05, 0.1) is 17.2 Å². The molecule has 2 aliphatic rings. The maximum Gasteiger partial charge on any atom is 0.201 e. The van der Waals surface area contributed by atoms with Gasteiger partial charge in [0.1, 0.15) is 11.6 Å². The van der Waals surface area contributed by atoms with Gasteiger partial charge in [0.25, 0.3) is 0 Å². The predicted octanol–water partition coefficient (Wildman–Crippen LogP) is 4.34. The van der Waals surface area contributed by atoms with Crippen molar-refractivity contribution in [1.82, 2.24) is 15.2 Å². The van der Waals surface area contributed by atoms with Crippen LogP contribution in [0.1, 0.15) is 44.7 Å². The number of aromatic nitrogens is 1. The fourth-order valence-corrected chi connectivity index (χ4v) is 3.92. The molecule has 0 amide bonds. The summed E-state index contributed by atoms with van der Waals surface area (Å²) in [6, 6.07) is 10.6. The topological polar surface area (TPSA) is 61.8 Å². The lowest BCUT2D eigenvalue weighted by atomic mass is 9.96. The van der Waals surface area contributed by atoms with Gasteiger partial charge in [0.15, 0.2) is 6.73 Å². The molecule has 0 saturated heterocycles. The Kier molecular flexibility index (Phi) is 5.37. The predicted molar refractivity (Wildman–Crippen MR) is 114 cm³/mol. The van der Waals surface area contributed by atoms with Gasteiger partial charge in [-0.05, 0) is 38.8 Å². The lowest BCUT2D eigenvalue weighted by Gasteiger charge is -2.23. The number of guanidine groups is 1. The maximum atomic E-state index is 5.66. The first-order valence-electron chi connectivity index (χ1n) is 10.1. The summed E-state index contributed by atoms with van der Waals surface area (Å²) in [6.07, 6.45) is 6.12. The number of aliphatic imine (C=N–C) groups is 1. The Bertz CT molecular complexity index is 914. The van der Waals surface area contributed by atoms with Gasteiger partial charge >= 0.3 is 0 Å². The van der Waals surface area contributed by atoms with Crippen molar-refractivity contribution in [3.05, 3.63) is 47.6 Å². The monoisotopic (exact) mass is 379 g/mol. The van der Waals surface area contributed by atoms with E-state index in [2.05, 4.69) is 32.7 Å². The molecule has 1 aromatic heterocycles. The van der Waals surface area contributed by atoms with Crippen molar-refractivity contribution < 1.29 is 4.74 Å². The Morgan fingerprint density at radius 3 is 2.68 bits per heavy atom. The van der Waals surface area contributed by atoms with Crippen LogP contribution in [0.3, 0.4) is 0 Å². The van der Waals surface area contributed by atoms with Crippen LogP contribution in [0.2, 0.25) is 0 Å². The Balaban J connectivity index is 1.68. The number of fused-ring (bicyclic) bond motifs is 1. The molecule has 28 heavy (non-hydrogen) atoms. The summed E-state index contributed by atoms with van der Waals surface area (Å²) in [5.74, 6) is 2.61. The van der Waals surface area contributed by atoms with Crippen molar-refractivity contribution in [2.45, 2.75) is 52.0 Å². The molecular weight excluding hydrogens is 350 g/mol. The summed E-state index contributed by atoms with van der Waals surface area (Å²) in [4.78, 5) is 11.8. The average molecular weight is 380 g/mol. The fraction of sp³-hybridized carbons (Fsp3) is 0.455. The van der Waals surface area contributed by atoms with Gasteiger partial charge < -0.3 is 20.3 Å². The Morgan fingerprint density at radius 2 is 1.93 bits per heavy atom. The molecular formula is C22H29N5O. The van der Waals surface area contributed by atoms with E-state index in [1.165, 1.54) is 19.3 Å². The minimum atomic E-state index is 0.353. The van der Waals surface area contributed by atoms with Crippen LogP contribution in [0, 0.1) is 6.92 Å². The summed E-state index contributed by atoms with van der Waals surface area (Å²) in [5, 5.41) is 8.15. The highest BCUT2D eigenvalue weighted by Gasteiger charge is 2.21. The zero-order valence-electron chi connectivity index (χ0n) is 17.0. The highest BCUT2D eigenvalue weighted by Crippen LogP contribution is 2.25. The van der Waals surface area contributed by atoms with E-state index in [9.17, 15) is 0 Å². The normalized spacial score (nSPS) is 18.5. The van der Waals surface area contributed by atoms with Crippen molar-refractivity contribution >= 4 is 22.5 Å². The van der Waals surface area contributed by atoms with Gasteiger partial charge in [-0.1, -0.05) is 37.5 Å². The molecule has 0 spiro atoms. The third-order valence-electron chi connectivity index (χ3n) is 5.41. The lowest BCUT2D eigenvalue weighted by molar-refractivity contribution is 0.167. The molecule has 2 N–H and O–H groups in total. The van der Waals surface area contributed by atoms with E-state index in [0.717, 1.165) is 52.7 Å². The van der Waals surface area contributed by atoms with Crippen LogP contribution in [0.4, 0.5) is 5.69 Å². The highest BCUT2D eigenvalue weighted by molar-refractivity contribution is 6.03. The van der Waals surface area contributed by atoms with E-state index < -0.39 is 0 Å². The summed E-state index contributed by atoms with van der Waals surface area (Å²) in [6.45, 7) is 4.56. The zero-order valence-corrected chi connectivity index (χ0v) is 17.0. The minimum absolute atomic E-state index is 0.353. The first-order chi connectivity index (χ1) is 13.6. The van der Waals surface area contributed by atoms with Gasteiger partial charge in [-0.2, -0.15) is 0 Å². The summed E-state index contributed by atoms with van der Waals surface area (Å²) in [7, 11) is 2.02. The smallest absolute Gasteiger partial charge is 0.201 e. The van der Waals surface area contributed by atoms with Crippen LogP contribution < -0.4 is 10.6 Å². The molecule has 1 aliphatic heterocycles. The number of para-hydroxylation sites is 1. The van der Waals surface area contributed by atoms with Crippen molar-refractivity contribution in [2.24, 2.45) is 4.99 Å². The second-order valence-corrected chi connectivity index (χ2v) is 7.72. The van der Waals surface area contributed by atoms with E-state index >= 15 is 0 Å². The largest absolute Gasteiger partial charge is 0.474 e. The molecule has 1 aromatic carbocycles. The number of rotatable bonds is 3. The van der Waals surface area contributed by atoms with Crippen molar-refractivity contribution in [3.63, 3.8) is 0 Å². The molecule has 6 nitrogen and oxygen atoms in total. The van der Waals surface area contributed by atoms with Crippen molar-refractivity contribution in [3.8, 4) is 0 Å². The quantitative estimate of drug-likeness (QED) is 0.613. The molecule has 1 saturated carbocycles. The molecule has 148 valence electrons. The second-order valence-electron chi connectivity index (χ2n) is 7.72. The third-order valence-corrected chi connectivity index (χ3v) is 5.41. The van der Waals surface area contributed by atoms with Crippen LogP contribution in [-0.2, 0) is 4.74 Å². The Labute approximate surface area is 166 Å². The average Bonchev–Trinajstić information content (AvgIpc) is 3.00. The van der Waals surface area contributed by atoms with E-state index in [1.54, 1.807) is 0 Å². The van der Waals surface area contributed by atoms with Gasteiger partial charge in [0, 0.05) is 18.1 Å². The minimum Gasteiger partial charge on any atom is -0.474 e. The first-order valence-corrected chi connectivity index (χ1v) is 10.1. The lowest BCUT2D eigenvalue weighted by Crippen LogP contribution is -2.37. The number of anilines is 1. The van der Waals surface area contributed by atoms with Crippen LogP contribution in [-0.4, -0.2) is 35.7 Å². The molecule has 2 aromatic rings. The Morgan fingerprint density at radius 1 is 1.14 bits per heavy atom. The summed E-state index contributed by atoms with van der Waals surface area (Å²) >= 11 is 0. The molecule has 4 rings (SSSR count). The van der Waals surface area contributed by atoms with Crippen LogP contribution in [0.25, 0.3) is 10.9 Å². The third kappa shape index (κ3) is 4.06. The number of allylic oxidation sites excluding steroid dienone is 1. The number of nitrogens with zero attached hydrogens (tertiary/aromatic N) is 3. The van der Waals surface area contributed by atoms with E-state index in [4.69, 9.17) is 9.73 Å². The zero-order chi connectivity index (χ0) is 19.5. The number of ether oxygens (including phenoxy) is 1. The standard InChI is InChI=1S/C22H29N5O/c1-15-13-20(18-11-7-8-12-19(18)23-15)25-22(24-17-9-5-4-6-10-17)26-21-16(2)28-14-27(21)3/h7-8,11-13,17H,4-6,9-10,14H2,1-3H3,(H2,23,24,25,26). The van der Waals surface area contributed by atoms with E-state index in [1.807, 2.05) is 39.1 Å². The number of hydrogen-bond donors (Lipinski definition) is 2. The van der Waals surface area contributed by atoms with Crippen molar-refractivity contribution in [2.75, 3.05) is 19.1 Å². The number of pyridine rings is 1. The van der Waals surface area contributed by atoms with Gasteiger partial charge in [-0.3, -0.25) is 4.98 Å². The molecule has 0 radical (unpaired) electrons. The molecule has 6 heteroatoms. The maximum absolute atomic E-state index is 5.66. The molecule has 0 unspecified atom stereocenters. The number of nitrogens with one attached hydrogen (secondary N) is 2. The summed E-state index contributed by atoms with van der Waals surface area (Å²) in [5.41, 5.74) is 2.98. The molecule has 0 bridgehead atoms. The molecule has 0 atom stereocenters. The highest BCUT2D eigenvalue weighted by atomic mass is 16.5. The molecule has 1 aliphatic carbocycles. The fourth-order valence-electron chi connectivity index (χ4n) is 3.92. The van der Waals surface area contributed by atoms with Gasteiger partial charge in [-0.25, -0.2) is 4.99 Å². The van der Waals surface area contributed by atoms with Crippen LogP contribution >= 0.6 is 0 Å². The number of aryl methyl sites for hydroxylation is 1. The SMILES string of the molecule is CC1=C(NC(=NC2CCCCC2)Nc2cc(C)nc3ccccc23)N(C)CO1. The van der Waals surface area contributed by atoms with Gasteiger partial charge in [0.2, 0.25) is 5.96 Å². The second kappa shape index (κ2) is 8.09. The Hall–Kier alpha value is -2.76. The summed E-state index contributed by atoms with van der Waals surface area (Å²) < 4.78 is 5.66. The first kappa shape index (κ1) is 18.6. The van der Waals surface area contributed by atoms with Crippen LogP contribution in [0.15, 0.2) is 46.9 Å². The van der Waals surface area contributed by atoms with E-state index in [-0.39, 0.29) is 0 Å². The van der Waals surface area contributed by atoms with Crippen LogP contribution in [0.5, 0.6) is 0 Å².